The van der Waals surface area contributed by atoms with E-state index in [-0.39, 0.29) is 0 Å². The molecule has 0 aliphatic heterocycles. The SMILES string of the molecule is CCCc1nc2cc(N)ccc2n1C1CCC(C)(C)CC1. The Morgan fingerprint density at radius 2 is 2.00 bits per heavy atom. The molecule has 1 heterocycles. The predicted octanol–water partition coefficient (Wildman–Crippen LogP) is 4.71. The molecule has 1 fully saturated rings. The zero-order chi connectivity index (χ0) is 15.0. The second-order valence-electron chi connectivity index (χ2n) is 7.29. The van der Waals surface area contributed by atoms with Gasteiger partial charge in [0.1, 0.15) is 5.82 Å². The van der Waals surface area contributed by atoms with E-state index in [4.69, 9.17) is 10.7 Å². The van der Waals surface area contributed by atoms with Crippen LogP contribution in [0.4, 0.5) is 5.69 Å². The number of nitrogens with zero attached hydrogens (tertiary/aromatic N) is 2. The molecule has 0 bridgehead atoms. The number of benzene rings is 1. The molecule has 1 aromatic carbocycles. The first-order chi connectivity index (χ1) is 10.00. The standard InChI is InChI=1S/C18H27N3/c1-4-5-17-20-15-12-13(19)6-7-16(15)21(17)14-8-10-18(2,3)11-9-14/h6-7,12,14H,4-5,8-11,19H2,1-3H3. The van der Waals surface area contributed by atoms with Crippen LogP contribution in [0.2, 0.25) is 0 Å². The molecule has 1 saturated carbocycles. The van der Waals surface area contributed by atoms with E-state index in [2.05, 4.69) is 31.4 Å². The van der Waals surface area contributed by atoms with E-state index in [9.17, 15) is 0 Å². The number of nitrogens with two attached hydrogens (primary N) is 1. The van der Waals surface area contributed by atoms with Crippen molar-refractivity contribution >= 4 is 16.7 Å². The van der Waals surface area contributed by atoms with Crippen molar-refractivity contribution in [3.05, 3.63) is 24.0 Å². The van der Waals surface area contributed by atoms with Crippen molar-refractivity contribution in [3.63, 3.8) is 0 Å². The van der Waals surface area contributed by atoms with E-state index in [1.807, 2.05) is 12.1 Å². The minimum Gasteiger partial charge on any atom is -0.399 e. The maximum absolute atomic E-state index is 5.92. The van der Waals surface area contributed by atoms with Crippen LogP contribution in [0.25, 0.3) is 11.0 Å². The lowest BCUT2D eigenvalue weighted by atomic mass is 9.75. The maximum atomic E-state index is 5.92. The fourth-order valence-electron chi connectivity index (χ4n) is 3.62. The van der Waals surface area contributed by atoms with Crippen LogP contribution in [0.1, 0.15) is 64.7 Å². The highest BCUT2D eigenvalue weighted by atomic mass is 15.1. The largest absolute Gasteiger partial charge is 0.399 e. The summed E-state index contributed by atoms with van der Waals surface area (Å²) in [6.45, 7) is 7.01. The van der Waals surface area contributed by atoms with Crippen LogP contribution in [0, 0.1) is 5.41 Å². The van der Waals surface area contributed by atoms with E-state index in [0.717, 1.165) is 24.0 Å². The Morgan fingerprint density at radius 3 is 2.67 bits per heavy atom. The minimum atomic E-state index is 0.502. The van der Waals surface area contributed by atoms with Gasteiger partial charge in [0, 0.05) is 18.2 Å². The molecule has 21 heavy (non-hydrogen) atoms. The van der Waals surface area contributed by atoms with Crippen molar-refractivity contribution in [1.29, 1.82) is 0 Å². The predicted molar refractivity (Wildman–Crippen MR) is 89.4 cm³/mol. The van der Waals surface area contributed by atoms with Crippen molar-refractivity contribution in [2.45, 2.75) is 65.3 Å². The number of hydrogen-bond donors (Lipinski definition) is 1. The molecule has 0 unspecified atom stereocenters. The van der Waals surface area contributed by atoms with E-state index >= 15 is 0 Å². The molecule has 0 spiro atoms. The molecule has 1 aliphatic carbocycles. The highest BCUT2D eigenvalue weighted by Gasteiger charge is 2.29. The van der Waals surface area contributed by atoms with Crippen molar-refractivity contribution in [3.8, 4) is 0 Å². The lowest BCUT2D eigenvalue weighted by Gasteiger charge is -2.35. The average Bonchev–Trinajstić information content (AvgIpc) is 2.76. The summed E-state index contributed by atoms with van der Waals surface area (Å²) in [5, 5.41) is 0. The van der Waals surface area contributed by atoms with Crippen LogP contribution < -0.4 is 5.73 Å². The van der Waals surface area contributed by atoms with Gasteiger partial charge in [0.05, 0.1) is 11.0 Å². The molecule has 1 aliphatic rings. The lowest BCUT2D eigenvalue weighted by molar-refractivity contribution is 0.194. The Hall–Kier alpha value is -1.51. The van der Waals surface area contributed by atoms with Gasteiger partial charge in [0.2, 0.25) is 0 Å². The van der Waals surface area contributed by atoms with Crippen LogP contribution in [-0.2, 0) is 6.42 Å². The summed E-state index contributed by atoms with van der Waals surface area (Å²) >= 11 is 0. The Kier molecular flexibility index (Phi) is 3.68. The Labute approximate surface area is 127 Å². The quantitative estimate of drug-likeness (QED) is 0.830. The number of aryl methyl sites for hydroxylation is 1. The molecule has 0 radical (unpaired) electrons. The van der Waals surface area contributed by atoms with Gasteiger partial charge < -0.3 is 10.3 Å². The number of aromatic nitrogens is 2. The summed E-state index contributed by atoms with van der Waals surface area (Å²) in [5.74, 6) is 1.24. The van der Waals surface area contributed by atoms with Gasteiger partial charge in [0.25, 0.3) is 0 Å². The summed E-state index contributed by atoms with van der Waals surface area (Å²) < 4.78 is 2.51. The Bertz CT molecular complexity index is 629. The van der Waals surface area contributed by atoms with Crippen LogP contribution in [-0.4, -0.2) is 9.55 Å². The van der Waals surface area contributed by atoms with Crippen LogP contribution in [0.15, 0.2) is 18.2 Å². The van der Waals surface area contributed by atoms with Crippen molar-refractivity contribution < 1.29 is 0 Å². The number of hydrogen-bond acceptors (Lipinski definition) is 2. The van der Waals surface area contributed by atoms with Crippen LogP contribution in [0.5, 0.6) is 0 Å². The number of anilines is 1. The Morgan fingerprint density at radius 1 is 1.29 bits per heavy atom. The molecule has 1 aromatic heterocycles. The number of rotatable bonds is 3. The first kappa shape index (κ1) is 14.4. The van der Waals surface area contributed by atoms with Crippen molar-refractivity contribution in [2.75, 3.05) is 5.73 Å². The second kappa shape index (κ2) is 5.36. The fraction of sp³-hybridized carbons (Fsp3) is 0.611. The number of fused-ring (bicyclic) bond motifs is 1. The van der Waals surface area contributed by atoms with Gasteiger partial charge in [-0.1, -0.05) is 20.8 Å². The summed E-state index contributed by atoms with van der Waals surface area (Å²) in [4.78, 5) is 4.86. The van der Waals surface area contributed by atoms with Crippen molar-refractivity contribution in [2.24, 2.45) is 5.41 Å². The van der Waals surface area contributed by atoms with Gasteiger partial charge >= 0.3 is 0 Å². The first-order valence-electron chi connectivity index (χ1n) is 8.26. The molecular formula is C18H27N3. The van der Waals surface area contributed by atoms with E-state index < -0.39 is 0 Å². The smallest absolute Gasteiger partial charge is 0.110 e. The number of nitrogen functional groups attached to an aromatic ring is 1. The van der Waals surface area contributed by atoms with Gasteiger partial charge in [-0.25, -0.2) is 4.98 Å². The summed E-state index contributed by atoms with van der Waals surface area (Å²) in [6.07, 6.45) is 7.32. The zero-order valence-electron chi connectivity index (χ0n) is 13.5. The average molecular weight is 285 g/mol. The van der Waals surface area contributed by atoms with Crippen LogP contribution in [0.3, 0.4) is 0 Å². The van der Waals surface area contributed by atoms with Gasteiger partial charge in [0.15, 0.2) is 0 Å². The third-order valence-electron chi connectivity index (χ3n) is 4.93. The topological polar surface area (TPSA) is 43.8 Å². The zero-order valence-corrected chi connectivity index (χ0v) is 13.5. The van der Waals surface area contributed by atoms with E-state index in [1.165, 1.54) is 37.0 Å². The third-order valence-corrected chi connectivity index (χ3v) is 4.93. The summed E-state index contributed by atoms with van der Waals surface area (Å²) in [6, 6.07) is 6.77. The second-order valence-corrected chi connectivity index (χ2v) is 7.29. The Balaban J connectivity index is 2.01. The van der Waals surface area contributed by atoms with Gasteiger partial charge in [-0.15, -0.1) is 0 Å². The molecule has 2 aromatic rings. The molecule has 0 amide bonds. The van der Waals surface area contributed by atoms with Gasteiger partial charge in [-0.2, -0.15) is 0 Å². The molecule has 3 nitrogen and oxygen atoms in total. The van der Waals surface area contributed by atoms with E-state index in [0.29, 0.717) is 11.5 Å². The molecular weight excluding hydrogens is 258 g/mol. The molecule has 0 saturated heterocycles. The molecule has 3 heteroatoms. The molecule has 3 rings (SSSR count). The lowest BCUT2D eigenvalue weighted by Crippen LogP contribution is -2.24. The molecule has 0 atom stereocenters. The number of imidazole rings is 1. The first-order valence-corrected chi connectivity index (χ1v) is 8.26. The normalized spacial score (nSPS) is 19.2. The maximum Gasteiger partial charge on any atom is 0.110 e. The third kappa shape index (κ3) is 2.78. The molecule has 2 N–H and O–H groups in total. The van der Waals surface area contributed by atoms with E-state index in [1.54, 1.807) is 0 Å². The van der Waals surface area contributed by atoms with Crippen LogP contribution >= 0.6 is 0 Å². The van der Waals surface area contributed by atoms with Crippen molar-refractivity contribution in [1.82, 2.24) is 9.55 Å². The molecule has 114 valence electrons. The summed E-state index contributed by atoms with van der Waals surface area (Å²) in [7, 11) is 0. The monoisotopic (exact) mass is 285 g/mol. The summed E-state index contributed by atoms with van der Waals surface area (Å²) in [5.41, 5.74) is 9.55. The minimum absolute atomic E-state index is 0.502. The fourth-order valence-corrected chi connectivity index (χ4v) is 3.62. The van der Waals surface area contributed by atoms with Gasteiger partial charge in [-0.05, 0) is 55.7 Å². The highest BCUT2D eigenvalue weighted by Crippen LogP contribution is 2.41. The highest BCUT2D eigenvalue weighted by molar-refractivity contribution is 5.79. The van der Waals surface area contributed by atoms with Gasteiger partial charge in [-0.3, -0.25) is 0 Å².